The Labute approximate surface area is 126 Å². The Bertz CT molecular complexity index is 594. The number of amides is 1. The van der Waals surface area contributed by atoms with E-state index >= 15 is 0 Å². The highest BCUT2D eigenvalue weighted by molar-refractivity contribution is 7.93. The number of nitrogens with one attached hydrogen (secondary N) is 1. The molecule has 1 aliphatic rings. The van der Waals surface area contributed by atoms with E-state index in [0.717, 1.165) is 6.42 Å². The van der Waals surface area contributed by atoms with E-state index in [1.54, 1.807) is 24.3 Å². The molecular weight excluding hydrogens is 288 g/mol. The van der Waals surface area contributed by atoms with Gasteiger partial charge in [0.2, 0.25) is 10.0 Å². The zero-order valence-corrected chi connectivity index (χ0v) is 13.3. The molecule has 0 spiro atoms. The molecule has 2 rings (SSSR count). The van der Waals surface area contributed by atoms with Crippen molar-refractivity contribution in [1.29, 1.82) is 0 Å². The molecule has 0 atom stereocenters. The second kappa shape index (κ2) is 6.47. The van der Waals surface area contributed by atoms with Crippen molar-refractivity contribution >= 4 is 21.6 Å². The summed E-state index contributed by atoms with van der Waals surface area (Å²) in [6.45, 7) is 5.38. The van der Waals surface area contributed by atoms with Crippen LogP contribution in [-0.4, -0.2) is 33.2 Å². The third-order valence-corrected chi connectivity index (χ3v) is 5.39. The Morgan fingerprint density at radius 3 is 2.48 bits per heavy atom. The van der Waals surface area contributed by atoms with Gasteiger partial charge < -0.3 is 5.32 Å². The van der Waals surface area contributed by atoms with Crippen molar-refractivity contribution in [3.63, 3.8) is 0 Å². The first-order valence-corrected chi connectivity index (χ1v) is 8.90. The van der Waals surface area contributed by atoms with Gasteiger partial charge in [-0.15, -0.1) is 0 Å². The largest absolute Gasteiger partial charge is 0.352 e. The van der Waals surface area contributed by atoms with Crippen LogP contribution in [0.25, 0.3) is 0 Å². The van der Waals surface area contributed by atoms with Gasteiger partial charge in [0.25, 0.3) is 5.91 Å². The summed E-state index contributed by atoms with van der Waals surface area (Å²) in [5, 5.41) is 2.86. The highest BCUT2D eigenvalue weighted by Gasteiger charge is 2.28. The van der Waals surface area contributed by atoms with E-state index < -0.39 is 10.0 Å². The minimum Gasteiger partial charge on any atom is -0.352 e. The van der Waals surface area contributed by atoms with Crippen LogP contribution < -0.4 is 9.62 Å². The minimum absolute atomic E-state index is 0.119. The molecule has 0 radical (unpaired) electrons. The summed E-state index contributed by atoms with van der Waals surface area (Å²) in [4.78, 5) is 11.9. The maximum Gasteiger partial charge on any atom is 0.251 e. The van der Waals surface area contributed by atoms with Gasteiger partial charge in [0.05, 0.1) is 11.4 Å². The van der Waals surface area contributed by atoms with Gasteiger partial charge in [-0.3, -0.25) is 9.10 Å². The van der Waals surface area contributed by atoms with Gasteiger partial charge in [0, 0.05) is 18.7 Å². The SMILES string of the molecule is CC(C)CCNC(=O)c1ccc(N2CCCS2(=O)=O)cc1. The molecular formula is C15H22N2O3S. The first kappa shape index (κ1) is 15.8. The lowest BCUT2D eigenvalue weighted by Crippen LogP contribution is -2.26. The predicted molar refractivity (Wildman–Crippen MR) is 84.0 cm³/mol. The molecule has 21 heavy (non-hydrogen) atoms. The zero-order valence-electron chi connectivity index (χ0n) is 12.5. The molecule has 1 amide bonds. The van der Waals surface area contributed by atoms with Crippen molar-refractivity contribution in [3.8, 4) is 0 Å². The van der Waals surface area contributed by atoms with Crippen LogP contribution in [0.1, 0.15) is 37.0 Å². The van der Waals surface area contributed by atoms with Crippen molar-refractivity contribution in [2.75, 3.05) is 23.1 Å². The zero-order chi connectivity index (χ0) is 15.5. The first-order valence-electron chi connectivity index (χ1n) is 7.29. The lowest BCUT2D eigenvalue weighted by Gasteiger charge is -2.17. The van der Waals surface area contributed by atoms with Crippen LogP contribution in [0.4, 0.5) is 5.69 Å². The standard InChI is InChI=1S/C15H22N2O3S/c1-12(2)8-9-16-15(18)13-4-6-14(7-5-13)17-10-3-11-21(17,19)20/h4-7,12H,3,8-11H2,1-2H3,(H,16,18). The van der Waals surface area contributed by atoms with Crippen molar-refractivity contribution < 1.29 is 13.2 Å². The normalized spacial score (nSPS) is 17.2. The summed E-state index contributed by atoms with van der Waals surface area (Å²) in [7, 11) is -3.16. The minimum atomic E-state index is -3.16. The van der Waals surface area contributed by atoms with Crippen molar-refractivity contribution in [3.05, 3.63) is 29.8 Å². The van der Waals surface area contributed by atoms with Crippen molar-refractivity contribution in [1.82, 2.24) is 5.32 Å². The van der Waals surface area contributed by atoms with E-state index in [0.29, 0.717) is 36.7 Å². The molecule has 5 nitrogen and oxygen atoms in total. The summed E-state index contributed by atoms with van der Waals surface area (Å²) < 4.78 is 25.1. The number of hydrogen-bond donors (Lipinski definition) is 1. The van der Waals surface area contributed by atoms with Crippen LogP contribution in [0.2, 0.25) is 0 Å². The highest BCUT2D eigenvalue weighted by atomic mass is 32.2. The van der Waals surface area contributed by atoms with E-state index in [9.17, 15) is 13.2 Å². The third kappa shape index (κ3) is 3.97. The molecule has 1 aromatic carbocycles. The van der Waals surface area contributed by atoms with Crippen molar-refractivity contribution in [2.45, 2.75) is 26.7 Å². The molecule has 1 heterocycles. The molecule has 1 aromatic rings. The molecule has 116 valence electrons. The summed E-state index contributed by atoms with van der Waals surface area (Å²) in [6, 6.07) is 6.74. The van der Waals surface area contributed by atoms with Gasteiger partial charge in [0.1, 0.15) is 0 Å². The maximum atomic E-state index is 11.9. The van der Waals surface area contributed by atoms with Gasteiger partial charge in [-0.25, -0.2) is 8.42 Å². The molecule has 0 saturated carbocycles. The third-order valence-electron chi connectivity index (χ3n) is 3.52. The number of nitrogens with zero attached hydrogens (tertiary/aromatic N) is 1. The monoisotopic (exact) mass is 310 g/mol. The fourth-order valence-electron chi connectivity index (χ4n) is 2.29. The first-order chi connectivity index (χ1) is 9.90. The predicted octanol–water partition coefficient (Wildman–Crippen LogP) is 2.00. The topological polar surface area (TPSA) is 66.5 Å². The van der Waals surface area contributed by atoms with Crippen LogP contribution in [0, 0.1) is 5.92 Å². The van der Waals surface area contributed by atoms with Crippen LogP contribution in [0.5, 0.6) is 0 Å². The summed E-state index contributed by atoms with van der Waals surface area (Å²) in [6.07, 6.45) is 1.59. The van der Waals surface area contributed by atoms with E-state index in [4.69, 9.17) is 0 Å². The summed E-state index contributed by atoms with van der Waals surface area (Å²) >= 11 is 0. The molecule has 6 heteroatoms. The number of carbonyl (C=O) groups is 1. The van der Waals surface area contributed by atoms with Gasteiger partial charge >= 0.3 is 0 Å². The van der Waals surface area contributed by atoms with E-state index in [2.05, 4.69) is 19.2 Å². The fourth-order valence-corrected chi connectivity index (χ4v) is 3.85. The van der Waals surface area contributed by atoms with Gasteiger partial charge in [-0.2, -0.15) is 0 Å². The number of benzene rings is 1. The average molecular weight is 310 g/mol. The van der Waals surface area contributed by atoms with Crippen LogP contribution >= 0.6 is 0 Å². The molecule has 1 aliphatic heterocycles. The molecule has 0 bridgehead atoms. The van der Waals surface area contributed by atoms with E-state index in [-0.39, 0.29) is 11.7 Å². The lowest BCUT2D eigenvalue weighted by atomic mass is 10.1. The van der Waals surface area contributed by atoms with Crippen LogP contribution in [0.3, 0.4) is 0 Å². The number of sulfonamides is 1. The van der Waals surface area contributed by atoms with E-state index in [1.165, 1.54) is 4.31 Å². The molecule has 1 saturated heterocycles. The summed E-state index contributed by atoms with van der Waals surface area (Å²) in [5.74, 6) is 0.629. The Balaban J connectivity index is 2.00. The Morgan fingerprint density at radius 1 is 1.29 bits per heavy atom. The van der Waals surface area contributed by atoms with Crippen LogP contribution in [-0.2, 0) is 10.0 Å². The lowest BCUT2D eigenvalue weighted by molar-refractivity contribution is 0.0952. The summed E-state index contributed by atoms with van der Waals surface area (Å²) in [5.41, 5.74) is 1.19. The second-order valence-corrected chi connectivity index (χ2v) is 7.74. The smallest absolute Gasteiger partial charge is 0.251 e. The molecule has 0 aromatic heterocycles. The molecule has 1 N–H and O–H groups in total. The quantitative estimate of drug-likeness (QED) is 0.904. The number of hydrogen-bond acceptors (Lipinski definition) is 3. The Hall–Kier alpha value is -1.56. The van der Waals surface area contributed by atoms with Gasteiger partial charge in [-0.05, 0) is 43.0 Å². The Morgan fingerprint density at radius 2 is 1.95 bits per heavy atom. The second-order valence-electron chi connectivity index (χ2n) is 5.73. The molecule has 1 fully saturated rings. The fraction of sp³-hybridized carbons (Fsp3) is 0.533. The highest BCUT2D eigenvalue weighted by Crippen LogP contribution is 2.24. The Kier molecular flexibility index (Phi) is 4.88. The maximum absolute atomic E-state index is 11.9. The van der Waals surface area contributed by atoms with Gasteiger partial charge in [0.15, 0.2) is 0 Å². The van der Waals surface area contributed by atoms with Gasteiger partial charge in [-0.1, -0.05) is 13.8 Å². The molecule has 0 unspecified atom stereocenters. The number of carbonyl (C=O) groups excluding carboxylic acids is 1. The number of rotatable bonds is 5. The van der Waals surface area contributed by atoms with E-state index in [1.807, 2.05) is 0 Å². The molecule has 0 aliphatic carbocycles. The average Bonchev–Trinajstić information content (AvgIpc) is 2.78. The van der Waals surface area contributed by atoms with Crippen molar-refractivity contribution in [2.24, 2.45) is 5.92 Å². The number of anilines is 1. The van der Waals surface area contributed by atoms with Crippen LogP contribution in [0.15, 0.2) is 24.3 Å².